The molecule has 3 heteroatoms. The van der Waals surface area contributed by atoms with Gasteiger partial charge >= 0.3 is 0 Å². The molecule has 0 aliphatic carbocycles. The van der Waals surface area contributed by atoms with E-state index in [9.17, 15) is 9.90 Å². The topological polar surface area (TPSA) is 40.1 Å². The van der Waals surface area contributed by atoms with Gasteiger partial charge in [-0.1, -0.05) is 26.7 Å². The second-order valence-corrected chi connectivity index (χ2v) is 5.17. The Bertz CT molecular complexity index is 173. The monoisotopic (exact) mass is 231 g/mol. The number of carboxylic acids is 1. The fraction of sp³-hybridized carbons (Fsp3) is 0.923. The third-order valence-corrected chi connectivity index (χ3v) is 2.68. The maximum atomic E-state index is 10.3. The van der Waals surface area contributed by atoms with Crippen LogP contribution in [0.2, 0.25) is 0 Å². The molecule has 0 heterocycles. The molecule has 0 aliphatic heterocycles. The molecule has 0 radical (unpaired) electrons. The zero-order chi connectivity index (χ0) is 13.2. The summed E-state index contributed by atoms with van der Waals surface area (Å²) in [6, 6.07) is 0. The van der Waals surface area contributed by atoms with Gasteiger partial charge in [-0.05, 0) is 25.7 Å². The number of carbonyl (C=O) groups excluding carboxylic acids is 1. The molecule has 0 saturated heterocycles. The molecule has 0 N–H and O–H groups in total. The molecule has 0 spiro atoms. The Hall–Kier alpha value is -0.570. The lowest BCUT2D eigenvalue weighted by Crippen LogP contribution is -2.33. The Morgan fingerprint density at radius 2 is 1.62 bits per heavy atom. The van der Waals surface area contributed by atoms with Crippen LogP contribution in [0.1, 0.15) is 46.5 Å². The molecular formula is C13H29NO2. The van der Waals surface area contributed by atoms with Crippen molar-refractivity contribution in [1.29, 1.82) is 0 Å². The van der Waals surface area contributed by atoms with Gasteiger partial charge < -0.3 is 14.4 Å². The number of nitrogens with zero attached hydrogens (tertiary/aromatic N) is 1. The van der Waals surface area contributed by atoms with Crippen LogP contribution in [0.3, 0.4) is 0 Å². The van der Waals surface area contributed by atoms with Crippen LogP contribution in [0.5, 0.6) is 0 Å². The molecule has 16 heavy (non-hydrogen) atoms. The Balaban J connectivity index is 0. The highest BCUT2D eigenvalue weighted by Gasteiger charge is 2.04. The number of carbonyl (C=O) groups is 1. The third-order valence-electron chi connectivity index (χ3n) is 2.68. The Labute approximate surface area is 101 Å². The van der Waals surface area contributed by atoms with E-state index in [1.807, 2.05) is 6.92 Å². The Kier molecular flexibility index (Phi) is 10.7. The molecule has 0 aromatic carbocycles. The normalized spacial score (nSPS) is 12.6. The summed E-state index contributed by atoms with van der Waals surface area (Å²) in [7, 11) is 6.54. The smallest absolute Gasteiger partial charge is 0.0751 e. The number of carboxylic acid groups (broad SMARTS) is 1. The number of quaternary nitrogens is 1. The summed E-state index contributed by atoms with van der Waals surface area (Å²) in [5.74, 6) is -1.11. The second kappa shape index (κ2) is 9.64. The quantitative estimate of drug-likeness (QED) is 0.652. The van der Waals surface area contributed by atoms with Crippen LogP contribution in [-0.2, 0) is 4.79 Å². The van der Waals surface area contributed by atoms with Gasteiger partial charge in [0.25, 0.3) is 0 Å². The largest absolute Gasteiger partial charge is 0.550 e. The summed E-state index contributed by atoms with van der Waals surface area (Å²) >= 11 is 0. The van der Waals surface area contributed by atoms with Gasteiger partial charge in [-0.15, -0.1) is 0 Å². The molecule has 0 aliphatic rings. The molecule has 98 valence electrons. The Morgan fingerprint density at radius 3 is 1.81 bits per heavy atom. The predicted octanol–water partition coefficient (Wildman–Crippen LogP) is 1.67. The highest BCUT2D eigenvalue weighted by atomic mass is 16.4. The van der Waals surface area contributed by atoms with Gasteiger partial charge in [0.05, 0.1) is 27.7 Å². The fourth-order valence-electron chi connectivity index (χ4n) is 0.939. The van der Waals surface area contributed by atoms with E-state index in [4.69, 9.17) is 0 Å². The minimum Gasteiger partial charge on any atom is -0.550 e. The van der Waals surface area contributed by atoms with Crippen molar-refractivity contribution in [1.82, 2.24) is 0 Å². The van der Waals surface area contributed by atoms with Crippen molar-refractivity contribution in [2.45, 2.75) is 46.5 Å². The highest BCUT2D eigenvalue weighted by molar-refractivity contribution is 5.67. The molecule has 3 nitrogen and oxygen atoms in total. The van der Waals surface area contributed by atoms with E-state index >= 15 is 0 Å². The molecule has 1 atom stereocenters. The summed E-state index contributed by atoms with van der Waals surface area (Å²) in [4.78, 5) is 10.3. The van der Waals surface area contributed by atoms with Gasteiger partial charge in [-0.3, -0.25) is 0 Å². The van der Waals surface area contributed by atoms with Crippen molar-refractivity contribution in [3.8, 4) is 0 Å². The highest BCUT2D eigenvalue weighted by Crippen LogP contribution is 2.10. The standard InChI is InChI=1S/C8H16O2.C5H14N/c1-3-5-6-7(4-2)8(9)10;1-5-6(2,3)4/h7H,3-6H2,1-2H3,(H,9,10);5H2,1-4H3/q;+1/p-1. The van der Waals surface area contributed by atoms with Crippen molar-refractivity contribution in [2.24, 2.45) is 5.92 Å². The van der Waals surface area contributed by atoms with Crippen LogP contribution < -0.4 is 5.11 Å². The van der Waals surface area contributed by atoms with Gasteiger partial charge in [0, 0.05) is 5.97 Å². The minimum atomic E-state index is -0.893. The first-order valence-electron chi connectivity index (χ1n) is 6.29. The summed E-state index contributed by atoms with van der Waals surface area (Å²) < 4.78 is 1.07. The lowest BCUT2D eigenvalue weighted by atomic mass is 10.00. The predicted molar refractivity (Wildman–Crippen MR) is 66.9 cm³/mol. The first-order valence-corrected chi connectivity index (χ1v) is 6.29. The molecule has 1 unspecified atom stereocenters. The second-order valence-electron chi connectivity index (χ2n) is 5.17. The van der Waals surface area contributed by atoms with Crippen LogP contribution in [-0.4, -0.2) is 38.1 Å². The molecule has 0 bridgehead atoms. The summed E-state index contributed by atoms with van der Waals surface area (Å²) in [5.41, 5.74) is 0. The van der Waals surface area contributed by atoms with E-state index in [0.29, 0.717) is 6.42 Å². The van der Waals surface area contributed by atoms with Crippen molar-refractivity contribution in [3.05, 3.63) is 0 Å². The van der Waals surface area contributed by atoms with Crippen LogP contribution in [0, 0.1) is 5.92 Å². The van der Waals surface area contributed by atoms with Crippen molar-refractivity contribution < 1.29 is 14.4 Å². The lowest BCUT2D eigenvalue weighted by molar-refractivity contribution is -0.868. The molecular weight excluding hydrogens is 202 g/mol. The van der Waals surface area contributed by atoms with Gasteiger partial charge in [0.1, 0.15) is 0 Å². The van der Waals surface area contributed by atoms with E-state index in [0.717, 1.165) is 23.7 Å². The number of rotatable bonds is 6. The molecule has 0 amide bonds. The first kappa shape index (κ1) is 17.8. The van der Waals surface area contributed by atoms with E-state index in [2.05, 4.69) is 35.0 Å². The van der Waals surface area contributed by atoms with E-state index in [1.165, 1.54) is 6.54 Å². The number of unbranched alkanes of at least 4 members (excludes halogenated alkanes) is 1. The maximum Gasteiger partial charge on any atom is 0.0751 e. The number of hydrogen-bond donors (Lipinski definition) is 0. The summed E-state index contributed by atoms with van der Waals surface area (Å²) in [5, 5.41) is 10.3. The van der Waals surface area contributed by atoms with Gasteiger partial charge in [0.15, 0.2) is 0 Å². The van der Waals surface area contributed by atoms with Crippen LogP contribution in [0.4, 0.5) is 0 Å². The summed E-state index contributed by atoms with van der Waals surface area (Å²) in [6.07, 6.45) is 3.52. The molecule has 0 saturated carbocycles. The van der Waals surface area contributed by atoms with Crippen LogP contribution in [0.25, 0.3) is 0 Å². The van der Waals surface area contributed by atoms with Gasteiger partial charge in [0.2, 0.25) is 0 Å². The first-order chi connectivity index (χ1) is 7.28. The zero-order valence-electron chi connectivity index (χ0n) is 11.9. The van der Waals surface area contributed by atoms with Crippen LogP contribution in [0.15, 0.2) is 0 Å². The lowest BCUT2D eigenvalue weighted by Gasteiger charge is -2.20. The van der Waals surface area contributed by atoms with Crippen molar-refractivity contribution >= 4 is 5.97 Å². The average molecular weight is 231 g/mol. The van der Waals surface area contributed by atoms with Crippen molar-refractivity contribution in [2.75, 3.05) is 27.7 Å². The van der Waals surface area contributed by atoms with Crippen molar-refractivity contribution in [3.63, 3.8) is 0 Å². The van der Waals surface area contributed by atoms with E-state index < -0.39 is 5.97 Å². The zero-order valence-corrected chi connectivity index (χ0v) is 11.9. The number of hydrogen-bond acceptors (Lipinski definition) is 2. The molecule has 0 aromatic heterocycles. The molecule has 0 aromatic rings. The SMILES string of the molecule is CCCCC(CC)C(=O)[O-].CC[N+](C)(C)C. The van der Waals surface area contributed by atoms with Gasteiger partial charge in [-0.2, -0.15) is 0 Å². The molecule has 0 rings (SSSR count). The van der Waals surface area contributed by atoms with E-state index in [1.54, 1.807) is 0 Å². The minimum absolute atomic E-state index is 0.222. The summed E-state index contributed by atoms with van der Waals surface area (Å²) in [6.45, 7) is 7.33. The number of aliphatic carboxylic acids is 1. The van der Waals surface area contributed by atoms with E-state index in [-0.39, 0.29) is 5.92 Å². The van der Waals surface area contributed by atoms with Crippen LogP contribution >= 0.6 is 0 Å². The maximum absolute atomic E-state index is 10.3. The molecule has 0 fully saturated rings. The average Bonchev–Trinajstić information content (AvgIpc) is 2.18. The third kappa shape index (κ3) is 13.4. The fourth-order valence-corrected chi connectivity index (χ4v) is 0.939. The van der Waals surface area contributed by atoms with Gasteiger partial charge in [-0.25, -0.2) is 0 Å². The Morgan fingerprint density at radius 1 is 1.19 bits per heavy atom.